The Hall–Kier alpha value is -2.73. The lowest BCUT2D eigenvalue weighted by atomic mass is 10.2. The molecule has 25 heavy (non-hydrogen) atoms. The molecule has 1 aliphatic heterocycles. The second-order valence-electron chi connectivity index (χ2n) is 5.73. The molecule has 2 heterocycles. The van der Waals surface area contributed by atoms with Crippen LogP contribution in [0.25, 0.3) is 11.0 Å². The van der Waals surface area contributed by atoms with Gasteiger partial charge in [-0.25, -0.2) is 4.98 Å². The molecule has 1 amide bonds. The van der Waals surface area contributed by atoms with Crippen molar-refractivity contribution >= 4 is 28.5 Å². The minimum Gasteiger partial charge on any atom is -0.486 e. The van der Waals surface area contributed by atoms with E-state index in [0.29, 0.717) is 36.3 Å². The van der Waals surface area contributed by atoms with Crippen molar-refractivity contribution in [3.05, 3.63) is 53.3 Å². The van der Waals surface area contributed by atoms with Crippen molar-refractivity contribution in [3.8, 4) is 11.5 Å². The molecule has 0 fully saturated rings. The van der Waals surface area contributed by atoms with Gasteiger partial charge in [0.05, 0.1) is 17.4 Å². The maximum absolute atomic E-state index is 12.3. The predicted molar refractivity (Wildman–Crippen MR) is 94.0 cm³/mol. The smallest absolute Gasteiger partial charge is 0.240 e. The molecule has 0 bridgehead atoms. The maximum atomic E-state index is 12.3. The third kappa shape index (κ3) is 3.25. The van der Waals surface area contributed by atoms with Crippen LogP contribution in [0.1, 0.15) is 5.56 Å². The van der Waals surface area contributed by atoms with Gasteiger partial charge in [0, 0.05) is 23.7 Å². The zero-order valence-corrected chi connectivity index (χ0v) is 14.1. The SMILES string of the molecule is O=C(Cn1cnc2cc3c(cc21)OCCO3)NCc1ccccc1Cl. The fourth-order valence-corrected chi connectivity index (χ4v) is 2.97. The molecule has 7 heteroatoms. The van der Waals surface area contributed by atoms with Gasteiger partial charge in [0.1, 0.15) is 19.8 Å². The van der Waals surface area contributed by atoms with Gasteiger partial charge < -0.3 is 19.4 Å². The van der Waals surface area contributed by atoms with Crippen molar-refractivity contribution < 1.29 is 14.3 Å². The van der Waals surface area contributed by atoms with E-state index >= 15 is 0 Å². The summed E-state index contributed by atoms with van der Waals surface area (Å²) in [6.07, 6.45) is 1.64. The van der Waals surface area contributed by atoms with E-state index in [9.17, 15) is 4.79 Å². The van der Waals surface area contributed by atoms with Gasteiger partial charge in [-0.05, 0) is 11.6 Å². The molecule has 0 saturated heterocycles. The van der Waals surface area contributed by atoms with E-state index in [4.69, 9.17) is 21.1 Å². The molecule has 0 unspecified atom stereocenters. The lowest BCUT2D eigenvalue weighted by Crippen LogP contribution is -2.27. The van der Waals surface area contributed by atoms with Crippen molar-refractivity contribution in [2.75, 3.05) is 13.2 Å². The molecular weight excluding hydrogens is 342 g/mol. The fourth-order valence-electron chi connectivity index (χ4n) is 2.77. The average molecular weight is 358 g/mol. The fraction of sp³-hybridized carbons (Fsp3) is 0.222. The number of fused-ring (bicyclic) bond motifs is 2. The van der Waals surface area contributed by atoms with Gasteiger partial charge >= 0.3 is 0 Å². The van der Waals surface area contributed by atoms with Crippen molar-refractivity contribution in [1.82, 2.24) is 14.9 Å². The van der Waals surface area contributed by atoms with Crippen LogP contribution >= 0.6 is 11.6 Å². The molecule has 0 radical (unpaired) electrons. The highest BCUT2D eigenvalue weighted by Gasteiger charge is 2.16. The third-order valence-electron chi connectivity index (χ3n) is 4.03. The maximum Gasteiger partial charge on any atom is 0.240 e. The number of carbonyl (C=O) groups is 1. The number of aromatic nitrogens is 2. The third-order valence-corrected chi connectivity index (χ3v) is 4.40. The summed E-state index contributed by atoms with van der Waals surface area (Å²) < 4.78 is 12.9. The number of hydrogen-bond donors (Lipinski definition) is 1. The van der Waals surface area contributed by atoms with Crippen LogP contribution in [0.15, 0.2) is 42.7 Å². The van der Waals surface area contributed by atoms with Gasteiger partial charge in [0.25, 0.3) is 0 Å². The number of halogens is 1. The van der Waals surface area contributed by atoms with Crippen LogP contribution in [0.2, 0.25) is 5.02 Å². The molecule has 2 aromatic carbocycles. The first-order chi connectivity index (χ1) is 12.2. The van der Waals surface area contributed by atoms with Crippen molar-refractivity contribution in [2.24, 2.45) is 0 Å². The van der Waals surface area contributed by atoms with Crippen molar-refractivity contribution in [1.29, 1.82) is 0 Å². The quantitative estimate of drug-likeness (QED) is 0.779. The van der Waals surface area contributed by atoms with Crippen LogP contribution in [-0.2, 0) is 17.9 Å². The lowest BCUT2D eigenvalue weighted by molar-refractivity contribution is -0.121. The number of nitrogens with zero attached hydrogens (tertiary/aromatic N) is 2. The summed E-state index contributed by atoms with van der Waals surface area (Å²) in [7, 11) is 0. The Morgan fingerprint density at radius 2 is 1.96 bits per heavy atom. The molecule has 4 rings (SSSR count). The van der Waals surface area contributed by atoms with Gasteiger partial charge in [-0.15, -0.1) is 0 Å². The first-order valence-electron chi connectivity index (χ1n) is 7.95. The van der Waals surface area contributed by atoms with E-state index in [1.807, 2.05) is 30.3 Å². The second kappa shape index (κ2) is 6.64. The first-order valence-corrected chi connectivity index (χ1v) is 8.33. The minimum atomic E-state index is -0.117. The molecule has 0 aliphatic carbocycles. The summed E-state index contributed by atoms with van der Waals surface area (Å²) in [4.78, 5) is 16.6. The van der Waals surface area contributed by atoms with E-state index in [0.717, 1.165) is 16.6 Å². The van der Waals surface area contributed by atoms with Gasteiger partial charge in [-0.3, -0.25) is 4.79 Å². The number of hydrogen-bond acceptors (Lipinski definition) is 4. The number of nitrogens with one attached hydrogen (secondary N) is 1. The van der Waals surface area contributed by atoms with Crippen LogP contribution in [0.5, 0.6) is 11.5 Å². The number of amides is 1. The van der Waals surface area contributed by atoms with E-state index in [1.54, 1.807) is 17.0 Å². The molecule has 1 N–H and O–H groups in total. The molecule has 0 saturated carbocycles. The average Bonchev–Trinajstić information content (AvgIpc) is 3.01. The Morgan fingerprint density at radius 1 is 1.20 bits per heavy atom. The summed E-state index contributed by atoms with van der Waals surface area (Å²) in [6, 6.07) is 11.1. The van der Waals surface area contributed by atoms with Gasteiger partial charge in [-0.1, -0.05) is 29.8 Å². The number of carbonyl (C=O) groups excluding carboxylic acids is 1. The monoisotopic (exact) mass is 357 g/mol. The Morgan fingerprint density at radius 3 is 2.76 bits per heavy atom. The summed E-state index contributed by atoms with van der Waals surface area (Å²) in [5, 5.41) is 3.52. The standard InChI is InChI=1S/C18H16ClN3O3/c19-13-4-2-1-3-12(13)9-20-18(23)10-22-11-21-14-7-16-17(8-15(14)22)25-6-5-24-16/h1-4,7-8,11H,5-6,9-10H2,(H,20,23). The number of benzene rings is 2. The van der Waals surface area contributed by atoms with E-state index in [-0.39, 0.29) is 12.5 Å². The van der Waals surface area contributed by atoms with E-state index in [1.165, 1.54) is 0 Å². The number of ether oxygens (including phenoxy) is 2. The first kappa shape index (κ1) is 15.8. The summed E-state index contributed by atoms with van der Waals surface area (Å²) in [6.45, 7) is 1.60. The highest BCUT2D eigenvalue weighted by Crippen LogP contribution is 2.34. The van der Waals surface area contributed by atoms with Gasteiger partial charge in [0.2, 0.25) is 5.91 Å². The highest BCUT2D eigenvalue weighted by atomic mass is 35.5. The van der Waals surface area contributed by atoms with Crippen molar-refractivity contribution in [2.45, 2.75) is 13.1 Å². The Labute approximate surface area is 149 Å². The molecule has 1 aliphatic rings. The molecule has 0 atom stereocenters. The molecule has 128 valence electrons. The predicted octanol–water partition coefficient (Wildman–Crippen LogP) is 2.78. The van der Waals surface area contributed by atoms with Crippen LogP contribution < -0.4 is 14.8 Å². The van der Waals surface area contributed by atoms with Gasteiger partial charge in [-0.2, -0.15) is 0 Å². The number of rotatable bonds is 4. The molecule has 6 nitrogen and oxygen atoms in total. The lowest BCUT2D eigenvalue weighted by Gasteiger charge is -2.18. The van der Waals surface area contributed by atoms with Crippen LogP contribution in [0, 0.1) is 0 Å². The topological polar surface area (TPSA) is 65.4 Å². The van der Waals surface area contributed by atoms with Gasteiger partial charge in [0.15, 0.2) is 11.5 Å². The second-order valence-corrected chi connectivity index (χ2v) is 6.13. The zero-order chi connectivity index (χ0) is 17.2. The highest BCUT2D eigenvalue weighted by molar-refractivity contribution is 6.31. The molecular formula is C18H16ClN3O3. The van der Waals surface area contributed by atoms with E-state index < -0.39 is 0 Å². The molecule has 0 spiro atoms. The van der Waals surface area contributed by atoms with Crippen LogP contribution in [-0.4, -0.2) is 28.7 Å². The Bertz CT molecular complexity index is 938. The Kier molecular flexibility index (Phi) is 4.19. The summed E-state index contributed by atoms with van der Waals surface area (Å²) in [5.74, 6) is 1.25. The number of imidazole rings is 1. The minimum absolute atomic E-state index is 0.117. The normalized spacial score (nSPS) is 13.0. The summed E-state index contributed by atoms with van der Waals surface area (Å²) in [5.41, 5.74) is 2.48. The largest absolute Gasteiger partial charge is 0.486 e. The van der Waals surface area contributed by atoms with Crippen LogP contribution in [0.3, 0.4) is 0 Å². The van der Waals surface area contributed by atoms with Crippen LogP contribution in [0.4, 0.5) is 0 Å². The zero-order valence-electron chi connectivity index (χ0n) is 13.4. The van der Waals surface area contributed by atoms with E-state index in [2.05, 4.69) is 10.3 Å². The Balaban J connectivity index is 1.48. The molecule has 1 aromatic heterocycles. The molecule has 3 aromatic rings. The summed E-state index contributed by atoms with van der Waals surface area (Å²) >= 11 is 6.10. The van der Waals surface area contributed by atoms with Crippen molar-refractivity contribution in [3.63, 3.8) is 0 Å².